The summed E-state index contributed by atoms with van der Waals surface area (Å²) in [5.41, 5.74) is 4.16. The fourth-order valence-electron chi connectivity index (χ4n) is 1.58. The minimum atomic E-state index is -0.195. The average Bonchev–Trinajstić information content (AvgIpc) is 2.28. The summed E-state index contributed by atoms with van der Waals surface area (Å²) in [5.74, 6) is 6.07. The zero-order chi connectivity index (χ0) is 12.1. The van der Waals surface area contributed by atoms with Gasteiger partial charge in [0.15, 0.2) is 0 Å². The van der Waals surface area contributed by atoms with Crippen molar-refractivity contribution in [1.29, 1.82) is 0 Å². The molecule has 0 fully saturated rings. The summed E-state index contributed by atoms with van der Waals surface area (Å²) in [6, 6.07) is 5.74. The zero-order valence-corrected chi connectivity index (χ0v) is 9.91. The number of carbonyl (C=O) groups is 1. The van der Waals surface area contributed by atoms with Crippen LogP contribution in [0, 0.1) is 0 Å². The second-order valence-corrected chi connectivity index (χ2v) is 3.98. The van der Waals surface area contributed by atoms with Crippen molar-refractivity contribution < 1.29 is 9.53 Å². The van der Waals surface area contributed by atoms with Crippen molar-refractivity contribution in [1.82, 2.24) is 5.43 Å². The van der Waals surface area contributed by atoms with E-state index in [9.17, 15) is 4.79 Å². The second-order valence-electron chi connectivity index (χ2n) is 3.98. The summed E-state index contributed by atoms with van der Waals surface area (Å²) >= 11 is 0. The van der Waals surface area contributed by atoms with Crippen molar-refractivity contribution in [2.75, 3.05) is 7.11 Å². The Balaban J connectivity index is 2.97. The lowest BCUT2D eigenvalue weighted by atomic mass is 9.98. The quantitative estimate of drug-likeness (QED) is 0.459. The minimum Gasteiger partial charge on any atom is -0.496 e. The Morgan fingerprint density at radius 3 is 2.69 bits per heavy atom. The predicted molar refractivity (Wildman–Crippen MR) is 63.1 cm³/mol. The van der Waals surface area contributed by atoms with Gasteiger partial charge in [-0.2, -0.15) is 0 Å². The number of ether oxygens (including phenoxy) is 1. The maximum atomic E-state index is 11.1. The van der Waals surface area contributed by atoms with Crippen LogP contribution in [0.4, 0.5) is 0 Å². The number of amides is 1. The molecule has 1 aromatic rings. The van der Waals surface area contributed by atoms with Crippen molar-refractivity contribution in [3.05, 3.63) is 29.3 Å². The van der Waals surface area contributed by atoms with Crippen molar-refractivity contribution in [3.8, 4) is 5.75 Å². The van der Waals surface area contributed by atoms with Gasteiger partial charge in [0.2, 0.25) is 5.91 Å². The lowest BCUT2D eigenvalue weighted by Crippen LogP contribution is -2.31. The number of hydrogen-bond acceptors (Lipinski definition) is 3. The van der Waals surface area contributed by atoms with E-state index in [1.165, 1.54) is 0 Å². The van der Waals surface area contributed by atoms with Gasteiger partial charge in [-0.15, -0.1) is 0 Å². The van der Waals surface area contributed by atoms with Crippen molar-refractivity contribution >= 4 is 5.91 Å². The van der Waals surface area contributed by atoms with Crippen LogP contribution in [0.15, 0.2) is 18.2 Å². The van der Waals surface area contributed by atoms with Gasteiger partial charge < -0.3 is 4.74 Å². The Morgan fingerprint density at radius 1 is 1.50 bits per heavy atom. The summed E-state index contributed by atoms with van der Waals surface area (Å²) in [5, 5.41) is 0. The first-order valence-electron chi connectivity index (χ1n) is 5.24. The Morgan fingerprint density at radius 2 is 2.19 bits per heavy atom. The van der Waals surface area contributed by atoms with E-state index in [0.29, 0.717) is 12.3 Å². The smallest absolute Gasteiger partial charge is 0.238 e. The van der Waals surface area contributed by atoms with Gasteiger partial charge in [-0.3, -0.25) is 10.2 Å². The third kappa shape index (κ3) is 2.97. The molecule has 0 aliphatic rings. The molecule has 0 spiro atoms. The molecule has 0 unspecified atom stereocenters. The van der Waals surface area contributed by atoms with Crippen LogP contribution in [0.5, 0.6) is 5.75 Å². The molecule has 0 heterocycles. The summed E-state index contributed by atoms with van der Waals surface area (Å²) in [7, 11) is 1.65. The molecule has 1 amide bonds. The van der Waals surface area contributed by atoms with Crippen LogP contribution >= 0.6 is 0 Å². The molecule has 4 nitrogen and oxygen atoms in total. The Labute approximate surface area is 95.8 Å². The lowest BCUT2D eigenvalue weighted by Gasteiger charge is -2.13. The number of carbonyl (C=O) groups excluding carboxylic acids is 1. The molecule has 88 valence electrons. The van der Waals surface area contributed by atoms with E-state index in [2.05, 4.69) is 19.3 Å². The second kappa shape index (κ2) is 5.51. The molecule has 1 rings (SSSR count). The highest BCUT2D eigenvalue weighted by Crippen LogP contribution is 2.27. The molecule has 0 radical (unpaired) electrons. The molecule has 0 aromatic heterocycles. The molecule has 4 heteroatoms. The van der Waals surface area contributed by atoms with Crippen molar-refractivity contribution in [2.24, 2.45) is 5.84 Å². The molecule has 16 heavy (non-hydrogen) atoms. The van der Waals surface area contributed by atoms with Gasteiger partial charge in [0.1, 0.15) is 5.75 Å². The van der Waals surface area contributed by atoms with Gasteiger partial charge >= 0.3 is 0 Å². The van der Waals surface area contributed by atoms with Crippen molar-refractivity contribution in [2.45, 2.75) is 26.2 Å². The first-order chi connectivity index (χ1) is 7.58. The van der Waals surface area contributed by atoms with Crippen LogP contribution < -0.4 is 16.0 Å². The summed E-state index contributed by atoms with van der Waals surface area (Å²) in [6.07, 6.45) is 0.292. The number of nitrogens with one attached hydrogen (secondary N) is 1. The molecule has 0 aliphatic heterocycles. The highest BCUT2D eigenvalue weighted by Gasteiger charge is 2.09. The van der Waals surface area contributed by atoms with E-state index in [4.69, 9.17) is 10.6 Å². The van der Waals surface area contributed by atoms with Crippen LogP contribution in [0.3, 0.4) is 0 Å². The molecular weight excluding hydrogens is 204 g/mol. The first-order valence-corrected chi connectivity index (χ1v) is 5.24. The van der Waals surface area contributed by atoms with E-state index >= 15 is 0 Å². The van der Waals surface area contributed by atoms with Crippen LogP contribution in [-0.4, -0.2) is 13.0 Å². The standard InChI is InChI=1S/C12H18N2O2/c1-8(2)10-6-9(7-12(15)14-13)4-5-11(10)16-3/h4-6,8H,7,13H2,1-3H3,(H,14,15). The summed E-state index contributed by atoms with van der Waals surface area (Å²) < 4.78 is 5.27. The van der Waals surface area contributed by atoms with Gasteiger partial charge in [0.25, 0.3) is 0 Å². The fraction of sp³-hybridized carbons (Fsp3) is 0.417. The molecule has 0 saturated carbocycles. The predicted octanol–water partition coefficient (Wildman–Crippen LogP) is 1.35. The fourth-order valence-corrected chi connectivity index (χ4v) is 1.58. The monoisotopic (exact) mass is 222 g/mol. The van der Waals surface area contributed by atoms with E-state index in [-0.39, 0.29) is 5.91 Å². The molecular formula is C12H18N2O2. The first kappa shape index (κ1) is 12.5. The number of benzene rings is 1. The third-order valence-corrected chi connectivity index (χ3v) is 2.44. The van der Waals surface area contributed by atoms with Gasteiger partial charge in [-0.25, -0.2) is 5.84 Å². The number of nitrogens with two attached hydrogens (primary N) is 1. The Bertz CT molecular complexity index is 375. The van der Waals surface area contributed by atoms with E-state index in [1.54, 1.807) is 7.11 Å². The maximum Gasteiger partial charge on any atom is 0.238 e. The number of rotatable bonds is 4. The van der Waals surface area contributed by atoms with Gasteiger partial charge in [0, 0.05) is 0 Å². The van der Waals surface area contributed by atoms with Gasteiger partial charge in [0.05, 0.1) is 13.5 Å². The van der Waals surface area contributed by atoms with Crippen LogP contribution in [0.1, 0.15) is 30.9 Å². The molecule has 3 N–H and O–H groups in total. The highest BCUT2D eigenvalue weighted by molar-refractivity contribution is 5.78. The van der Waals surface area contributed by atoms with E-state index < -0.39 is 0 Å². The lowest BCUT2D eigenvalue weighted by molar-refractivity contribution is -0.120. The van der Waals surface area contributed by atoms with Crippen LogP contribution in [-0.2, 0) is 11.2 Å². The highest BCUT2D eigenvalue weighted by atomic mass is 16.5. The number of methoxy groups -OCH3 is 1. The van der Waals surface area contributed by atoms with E-state index in [1.807, 2.05) is 18.2 Å². The Kier molecular flexibility index (Phi) is 4.31. The maximum absolute atomic E-state index is 11.1. The number of hydrogen-bond donors (Lipinski definition) is 2. The third-order valence-electron chi connectivity index (χ3n) is 2.44. The molecule has 0 bridgehead atoms. The summed E-state index contributed by atoms with van der Waals surface area (Å²) in [6.45, 7) is 4.18. The molecule has 0 saturated heterocycles. The summed E-state index contributed by atoms with van der Waals surface area (Å²) in [4.78, 5) is 11.1. The molecule has 1 aromatic carbocycles. The van der Waals surface area contributed by atoms with Crippen LogP contribution in [0.25, 0.3) is 0 Å². The normalized spacial score (nSPS) is 10.3. The molecule has 0 atom stereocenters. The largest absolute Gasteiger partial charge is 0.496 e. The van der Waals surface area contributed by atoms with Gasteiger partial charge in [-0.05, 0) is 23.1 Å². The van der Waals surface area contributed by atoms with E-state index in [0.717, 1.165) is 16.9 Å². The Hall–Kier alpha value is -1.55. The van der Waals surface area contributed by atoms with Crippen molar-refractivity contribution in [3.63, 3.8) is 0 Å². The SMILES string of the molecule is COc1ccc(CC(=O)NN)cc1C(C)C. The minimum absolute atomic E-state index is 0.195. The molecule has 0 aliphatic carbocycles. The number of hydrazine groups is 1. The topological polar surface area (TPSA) is 64.3 Å². The zero-order valence-electron chi connectivity index (χ0n) is 9.91. The van der Waals surface area contributed by atoms with Crippen LogP contribution in [0.2, 0.25) is 0 Å². The van der Waals surface area contributed by atoms with Gasteiger partial charge in [-0.1, -0.05) is 26.0 Å². The average molecular weight is 222 g/mol.